The number of imidazole rings is 1. The summed E-state index contributed by atoms with van der Waals surface area (Å²) < 4.78 is 2.32. The van der Waals surface area contributed by atoms with E-state index >= 15 is 0 Å². The minimum absolute atomic E-state index is 0.557. The highest BCUT2D eigenvalue weighted by Crippen LogP contribution is 2.03. The van der Waals surface area contributed by atoms with Crippen molar-refractivity contribution < 1.29 is 0 Å². The molecule has 4 nitrogen and oxygen atoms in total. The van der Waals surface area contributed by atoms with E-state index in [4.69, 9.17) is 12.2 Å². The molecule has 1 N–H and O–H groups in total. The zero-order valence-electron chi connectivity index (χ0n) is 5.90. The van der Waals surface area contributed by atoms with Crippen molar-refractivity contribution in [3.8, 4) is 0 Å². The molecule has 0 aromatic carbocycles. The van der Waals surface area contributed by atoms with Gasteiger partial charge < -0.3 is 9.55 Å². The number of hydrogen-bond donors (Lipinski definition) is 1. The van der Waals surface area contributed by atoms with Gasteiger partial charge in [-0.05, 0) is 12.2 Å². The Morgan fingerprint density at radius 3 is 3.27 bits per heavy atom. The molecule has 0 aliphatic heterocycles. The Balaban J connectivity index is 2.97. The van der Waals surface area contributed by atoms with E-state index in [2.05, 4.69) is 15.0 Å². The van der Waals surface area contributed by atoms with Gasteiger partial charge in [-0.3, -0.25) is 0 Å². The third kappa shape index (κ3) is 0.932. The van der Waals surface area contributed by atoms with E-state index in [0.29, 0.717) is 4.77 Å². The average molecular weight is 166 g/mol. The van der Waals surface area contributed by atoms with Gasteiger partial charge in [0.2, 0.25) is 4.77 Å². The first-order valence-electron chi connectivity index (χ1n) is 3.14. The van der Waals surface area contributed by atoms with Crippen molar-refractivity contribution in [3.05, 3.63) is 17.3 Å². The highest BCUT2D eigenvalue weighted by atomic mass is 32.1. The number of nitrogens with zero attached hydrogens (tertiary/aromatic N) is 3. The second-order valence-electron chi connectivity index (χ2n) is 2.27. The average Bonchev–Trinajstić information content (AvgIpc) is 2.36. The standard InChI is InChI=1S/C6H6N4S/c1-10-2-4-5(8-3-7-4)9-6(10)11/h2-3H,1H3,(H,7,8,9,11). The van der Waals surface area contributed by atoms with Gasteiger partial charge in [0.1, 0.15) is 5.52 Å². The van der Waals surface area contributed by atoms with Crippen LogP contribution in [0.25, 0.3) is 11.2 Å². The van der Waals surface area contributed by atoms with Crippen molar-refractivity contribution in [3.63, 3.8) is 0 Å². The molecule has 5 heteroatoms. The molecule has 11 heavy (non-hydrogen) atoms. The normalized spacial score (nSPS) is 10.6. The number of aromatic amines is 1. The van der Waals surface area contributed by atoms with E-state index in [1.54, 1.807) is 10.9 Å². The predicted molar refractivity (Wildman–Crippen MR) is 43.7 cm³/mol. The number of hydrogen-bond acceptors (Lipinski definition) is 3. The third-order valence-corrected chi connectivity index (χ3v) is 1.85. The third-order valence-electron chi connectivity index (χ3n) is 1.47. The second kappa shape index (κ2) is 2.13. The van der Waals surface area contributed by atoms with Crippen LogP contribution < -0.4 is 0 Å². The quantitative estimate of drug-likeness (QED) is 0.594. The van der Waals surface area contributed by atoms with Crippen molar-refractivity contribution in [1.82, 2.24) is 19.5 Å². The Hall–Kier alpha value is -1.23. The van der Waals surface area contributed by atoms with Crippen molar-refractivity contribution in [2.75, 3.05) is 0 Å². The van der Waals surface area contributed by atoms with E-state index < -0.39 is 0 Å². The van der Waals surface area contributed by atoms with Gasteiger partial charge in [-0.15, -0.1) is 0 Å². The topological polar surface area (TPSA) is 46.5 Å². The van der Waals surface area contributed by atoms with Gasteiger partial charge in [-0.2, -0.15) is 0 Å². The zero-order valence-corrected chi connectivity index (χ0v) is 6.72. The van der Waals surface area contributed by atoms with E-state index in [1.807, 2.05) is 13.2 Å². The number of fused-ring (bicyclic) bond motifs is 1. The van der Waals surface area contributed by atoms with E-state index in [-0.39, 0.29) is 0 Å². The first-order valence-corrected chi connectivity index (χ1v) is 3.55. The van der Waals surface area contributed by atoms with Crippen LogP contribution in [0.15, 0.2) is 12.5 Å². The fourth-order valence-corrected chi connectivity index (χ4v) is 1.04. The molecule has 2 aromatic rings. The number of nitrogens with one attached hydrogen (secondary N) is 1. The molecule has 0 bridgehead atoms. The molecule has 0 aliphatic carbocycles. The summed E-state index contributed by atoms with van der Waals surface area (Å²) in [5.41, 5.74) is 1.58. The van der Waals surface area contributed by atoms with Crippen LogP contribution in [0.1, 0.15) is 0 Å². The van der Waals surface area contributed by atoms with Crippen LogP contribution in [-0.2, 0) is 7.05 Å². The largest absolute Gasteiger partial charge is 0.329 e. The highest BCUT2D eigenvalue weighted by molar-refractivity contribution is 7.71. The summed E-state index contributed by atoms with van der Waals surface area (Å²) in [5, 5.41) is 0. The maximum atomic E-state index is 4.95. The van der Waals surface area contributed by atoms with Crippen LogP contribution in [0.4, 0.5) is 0 Å². The zero-order chi connectivity index (χ0) is 7.84. The van der Waals surface area contributed by atoms with Crippen LogP contribution in [-0.4, -0.2) is 19.5 Å². The molecular formula is C6H6N4S. The monoisotopic (exact) mass is 166 g/mol. The number of H-pyrrole nitrogens is 1. The van der Waals surface area contributed by atoms with E-state index in [1.165, 1.54) is 0 Å². The molecule has 0 saturated carbocycles. The predicted octanol–water partition coefficient (Wildman–Crippen LogP) is 1.03. The van der Waals surface area contributed by atoms with Crippen LogP contribution in [0.5, 0.6) is 0 Å². The molecule has 0 amide bonds. The van der Waals surface area contributed by atoms with Crippen molar-refractivity contribution in [1.29, 1.82) is 0 Å². The Bertz CT molecular complexity index is 441. The molecule has 2 heterocycles. The molecule has 0 aliphatic rings. The summed E-state index contributed by atoms with van der Waals surface area (Å²) in [6, 6.07) is 0. The van der Waals surface area contributed by atoms with Gasteiger partial charge in [-0.1, -0.05) is 0 Å². The Kier molecular flexibility index (Phi) is 1.25. The molecular weight excluding hydrogens is 160 g/mol. The summed E-state index contributed by atoms with van der Waals surface area (Å²) in [6.45, 7) is 0. The fraction of sp³-hybridized carbons (Fsp3) is 0.167. The summed E-state index contributed by atoms with van der Waals surface area (Å²) in [7, 11) is 1.85. The lowest BCUT2D eigenvalue weighted by atomic mass is 10.6. The lowest BCUT2D eigenvalue weighted by Crippen LogP contribution is -1.94. The van der Waals surface area contributed by atoms with Gasteiger partial charge in [0, 0.05) is 13.2 Å². The Morgan fingerprint density at radius 2 is 2.45 bits per heavy atom. The molecule has 0 atom stereocenters. The van der Waals surface area contributed by atoms with Gasteiger partial charge in [0.15, 0.2) is 5.65 Å². The molecule has 0 spiro atoms. The second-order valence-corrected chi connectivity index (χ2v) is 2.64. The number of aromatic nitrogens is 4. The minimum Gasteiger partial charge on any atom is -0.329 e. The SMILES string of the molecule is Cn1cc2nc[nH]c2nc1=S. The lowest BCUT2D eigenvalue weighted by molar-refractivity contribution is 0.857. The van der Waals surface area contributed by atoms with Crippen molar-refractivity contribution in [2.45, 2.75) is 0 Å². The number of rotatable bonds is 0. The molecule has 0 fully saturated rings. The van der Waals surface area contributed by atoms with Gasteiger partial charge in [-0.25, -0.2) is 9.97 Å². The molecule has 0 saturated heterocycles. The van der Waals surface area contributed by atoms with Gasteiger partial charge >= 0.3 is 0 Å². The summed E-state index contributed by atoms with van der Waals surface area (Å²) in [5.74, 6) is 0. The first kappa shape index (κ1) is 6.48. The van der Waals surface area contributed by atoms with Crippen molar-refractivity contribution in [2.24, 2.45) is 7.05 Å². The Morgan fingerprint density at radius 1 is 1.64 bits per heavy atom. The lowest BCUT2D eigenvalue weighted by Gasteiger charge is -1.94. The Labute approximate surface area is 67.9 Å². The summed E-state index contributed by atoms with van der Waals surface area (Å²) in [6.07, 6.45) is 3.45. The van der Waals surface area contributed by atoms with Crippen LogP contribution in [0, 0.1) is 4.77 Å². The summed E-state index contributed by atoms with van der Waals surface area (Å²) in [4.78, 5) is 11.0. The first-order chi connectivity index (χ1) is 5.27. The fourth-order valence-electron chi connectivity index (χ4n) is 0.895. The minimum atomic E-state index is 0.557. The smallest absolute Gasteiger partial charge is 0.201 e. The number of aryl methyl sites for hydroxylation is 1. The van der Waals surface area contributed by atoms with Crippen LogP contribution >= 0.6 is 12.2 Å². The van der Waals surface area contributed by atoms with E-state index in [0.717, 1.165) is 11.2 Å². The molecule has 0 radical (unpaired) electrons. The molecule has 2 aromatic heterocycles. The highest BCUT2D eigenvalue weighted by Gasteiger charge is 1.96. The van der Waals surface area contributed by atoms with Crippen LogP contribution in [0.2, 0.25) is 0 Å². The maximum Gasteiger partial charge on any atom is 0.201 e. The maximum absolute atomic E-state index is 4.95. The van der Waals surface area contributed by atoms with Crippen molar-refractivity contribution >= 4 is 23.4 Å². The molecule has 2 rings (SSSR count). The molecule has 56 valence electrons. The van der Waals surface area contributed by atoms with Gasteiger partial charge in [0.05, 0.1) is 6.33 Å². The van der Waals surface area contributed by atoms with Gasteiger partial charge in [0.25, 0.3) is 0 Å². The summed E-state index contributed by atoms with van der Waals surface area (Å²) >= 11 is 4.95. The van der Waals surface area contributed by atoms with Crippen LogP contribution in [0.3, 0.4) is 0 Å². The molecule has 0 unspecified atom stereocenters. The van der Waals surface area contributed by atoms with E-state index in [9.17, 15) is 0 Å².